The molecule has 0 N–H and O–H groups in total. The molecule has 6 nitrogen and oxygen atoms in total. The fourth-order valence-electron chi connectivity index (χ4n) is 2.64. The summed E-state index contributed by atoms with van der Waals surface area (Å²) in [5.74, 6) is 2.26. The highest BCUT2D eigenvalue weighted by Crippen LogP contribution is 2.23. The van der Waals surface area contributed by atoms with Crippen molar-refractivity contribution in [2.45, 2.75) is 13.8 Å². The first kappa shape index (κ1) is 16.0. The van der Waals surface area contributed by atoms with Crippen LogP contribution >= 0.6 is 0 Å². The van der Waals surface area contributed by atoms with Crippen molar-refractivity contribution < 1.29 is 0 Å². The molecule has 26 heavy (non-hydrogen) atoms. The fourth-order valence-corrected chi connectivity index (χ4v) is 2.64. The van der Waals surface area contributed by atoms with Gasteiger partial charge in [0.1, 0.15) is 0 Å². The van der Waals surface area contributed by atoms with Crippen molar-refractivity contribution in [3.8, 4) is 0 Å². The third-order valence-electron chi connectivity index (χ3n) is 3.84. The number of aliphatic imine (C=N–C) groups is 2. The van der Waals surface area contributed by atoms with Gasteiger partial charge in [-0.05, 0) is 38.1 Å². The largest absolute Gasteiger partial charge is 0.234 e. The van der Waals surface area contributed by atoms with E-state index >= 15 is 0 Å². The number of benzene rings is 1. The molecule has 0 saturated heterocycles. The minimum atomic E-state index is 0.523. The Morgan fingerprint density at radius 2 is 1.04 bits per heavy atom. The number of amidine groups is 2. The average molecular weight is 340 g/mol. The van der Waals surface area contributed by atoms with Crippen molar-refractivity contribution in [1.82, 2.24) is 9.97 Å². The Bertz CT molecular complexity index is 981. The molecular weight excluding hydrogens is 324 g/mol. The molecule has 0 radical (unpaired) electrons. The second kappa shape index (κ2) is 6.76. The molecule has 0 spiro atoms. The van der Waals surface area contributed by atoms with E-state index in [-0.39, 0.29) is 0 Å². The average Bonchev–Trinajstić information content (AvgIpc) is 2.64. The molecule has 0 aliphatic carbocycles. The SMILES string of the molecule is Cc1cccc(/N=C2N=N/C(=N\c3cccc(C)n3)c3ccccc3\2)n1. The molecule has 4 rings (SSSR count). The van der Waals surface area contributed by atoms with Gasteiger partial charge in [0.2, 0.25) is 0 Å². The van der Waals surface area contributed by atoms with Gasteiger partial charge in [0.15, 0.2) is 23.3 Å². The predicted octanol–water partition coefficient (Wildman–Crippen LogP) is 4.72. The number of fused-ring (bicyclic) bond motifs is 1. The third-order valence-corrected chi connectivity index (χ3v) is 3.84. The first-order valence-corrected chi connectivity index (χ1v) is 8.25. The van der Waals surface area contributed by atoms with E-state index in [4.69, 9.17) is 0 Å². The van der Waals surface area contributed by atoms with E-state index in [9.17, 15) is 0 Å². The van der Waals surface area contributed by atoms with Crippen molar-refractivity contribution in [2.75, 3.05) is 0 Å². The summed E-state index contributed by atoms with van der Waals surface area (Å²) in [6, 6.07) is 19.2. The topological polar surface area (TPSA) is 75.2 Å². The summed E-state index contributed by atoms with van der Waals surface area (Å²) in [6.45, 7) is 3.86. The highest BCUT2D eigenvalue weighted by Gasteiger charge is 2.19. The lowest BCUT2D eigenvalue weighted by atomic mass is 10.0. The van der Waals surface area contributed by atoms with Crippen LogP contribution in [0.15, 0.2) is 80.9 Å². The molecule has 0 atom stereocenters. The molecular formula is C20H16N6. The van der Waals surface area contributed by atoms with Crippen LogP contribution in [-0.2, 0) is 0 Å². The van der Waals surface area contributed by atoms with E-state index in [2.05, 4.69) is 30.2 Å². The minimum absolute atomic E-state index is 0.523. The highest BCUT2D eigenvalue weighted by atomic mass is 15.2. The van der Waals surface area contributed by atoms with Gasteiger partial charge in [-0.2, -0.15) is 0 Å². The molecule has 1 aliphatic heterocycles. The van der Waals surface area contributed by atoms with Gasteiger partial charge in [-0.3, -0.25) is 0 Å². The number of pyridine rings is 2. The summed E-state index contributed by atoms with van der Waals surface area (Å²) < 4.78 is 0. The molecule has 0 amide bonds. The second-order valence-electron chi connectivity index (χ2n) is 5.89. The Labute approximate surface area is 151 Å². The van der Waals surface area contributed by atoms with Gasteiger partial charge in [0.05, 0.1) is 0 Å². The molecule has 3 aromatic rings. The van der Waals surface area contributed by atoms with Crippen molar-refractivity contribution in [1.29, 1.82) is 0 Å². The standard InChI is InChI=1S/C20H16N6/c1-13-7-5-11-17(21-13)23-19-15-9-3-4-10-16(15)20(26-25-19)24-18-12-6-8-14(2)22-18/h3-12H,1-2H3/b23-19-,24-20-. The zero-order chi connectivity index (χ0) is 17.9. The monoisotopic (exact) mass is 340 g/mol. The van der Waals surface area contributed by atoms with Crippen LogP contribution in [0.4, 0.5) is 11.6 Å². The molecule has 126 valence electrons. The van der Waals surface area contributed by atoms with Crippen LogP contribution < -0.4 is 0 Å². The number of azo groups is 1. The second-order valence-corrected chi connectivity index (χ2v) is 5.89. The lowest BCUT2D eigenvalue weighted by molar-refractivity contribution is 1.15. The Morgan fingerprint density at radius 1 is 0.577 bits per heavy atom. The van der Waals surface area contributed by atoms with Crippen molar-refractivity contribution in [3.63, 3.8) is 0 Å². The maximum absolute atomic E-state index is 4.55. The fraction of sp³-hybridized carbons (Fsp3) is 0.100. The normalized spacial score (nSPS) is 16.1. The molecule has 3 heterocycles. The Kier molecular flexibility index (Phi) is 4.15. The Hall–Kier alpha value is -3.54. The van der Waals surface area contributed by atoms with Gasteiger partial charge in [-0.1, -0.05) is 36.4 Å². The highest BCUT2D eigenvalue weighted by molar-refractivity contribution is 6.15. The summed E-state index contributed by atoms with van der Waals surface area (Å²) in [4.78, 5) is 17.9. The lowest BCUT2D eigenvalue weighted by Gasteiger charge is -2.12. The smallest absolute Gasteiger partial charge is 0.184 e. The molecule has 0 unspecified atom stereocenters. The molecule has 0 saturated carbocycles. The van der Waals surface area contributed by atoms with E-state index in [1.165, 1.54) is 0 Å². The van der Waals surface area contributed by atoms with E-state index in [1.807, 2.05) is 74.5 Å². The van der Waals surface area contributed by atoms with Crippen molar-refractivity contribution in [2.24, 2.45) is 20.2 Å². The van der Waals surface area contributed by atoms with Crippen LogP contribution in [0.3, 0.4) is 0 Å². The van der Waals surface area contributed by atoms with Gasteiger partial charge in [0, 0.05) is 22.5 Å². The number of aromatic nitrogens is 2. The Balaban J connectivity index is 1.79. The number of rotatable bonds is 2. The summed E-state index contributed by atoms with van der Waals surface area (Å²) in [6.07, 6.45) is 0. The number of hydrogen-bond acceptors (Lipinski definition) is 4. The van der Waals surface area contributed by atoms with Crippen molar-refractivity contribution >= 4 is 23.3 Å². The molecule has 0 bridgehead atoms. The predicted molar refractivity (Wildman–Crippen MR) is 102 cm³/mol. The van der Waals surface area contributed by atoms with Gasteiger partial charge in [-0.15, -0.1) is 10.2 Å². The van der Waals surface area contributed by atoms with Gasteiger partial charge >= 0.3 is 0 Å². The maximum Gasteiger partial charge on any atom is 0.184 e. The summed E-state index contributed by atoms with van der Waals surface area (Å²) in [5, 5.41) is 8.54. The molecule has 1 aliphatic rings. The van der Waals surface area contributed by atoms with Crippen molar-refractivity contribution in [3.05, 3.63) is 83.2 Å². The van der Waals surface area contributed by atoms with E-state index < -0.39 is 0 Å². The maximum atomic E-state index is 4.55. The van der Waals surface area contributed by atoms with Crippen LogP contribution in [-0.4, -0.2) is 21.6 Å². The van der Waals surface area contributed by atoms with Crippen LogP contribution in [0.2, 0.25) is 0 Å². The van der Waals surface area contributed by atoms with E-state index in [0.29, 0.717) is 23.3 Å². The number of hydrogen-bond donors (Lipinski definition) is 0. The molecule has 6 heteroatoms. The van der Waals surface area contributed by atoms with E-state index in [1.54, 1.807) is 0 Å². The quantitative estimate of drug-likeness (QED) is 0.677. The first-order valence-electron chi connectivity index (χ1n) is 8.25. The number of aryl methyl sites for hydroxylation is 2. The van der Waals surface area contributed by atoms with Crippen LogP contribution in [0.25, 0.3) is 0 Å². The summed E-state index contributed by atoms with van der Waals surface area (Å²) in [5.41, 5.74) is 3.55. The van der Waals surface area contributed by atoms with Gasteiger partial charge in [0.25, 0.3) is 0 Å². The molecule has 0 fully saturated rings. The lowest BCUT2D eigenvalue weighted by Crippen LogP contribution is -2.12. The minimum Gasteiger partial charge on any atom is -0.234 e. The van der Waals surface area contributed by atoms with Gasteiger partial charge in [-0.25, -0.2) is 20.0 Å². The van der Waals surface area contributed by atoms with Crippen LogP contribution in [0, 0.1) is 13.8 Å². The van der Waals surface area contributed by atoms with E-state index in [0.717, 1.165) is 22.5 Å². The Morgan fingerprint density at radius 3 is 1.46 bits per heavy atom. The van der Waals surface area contributed by atoms with Crippen LogP contribution in [0.5, 0.6) is 0 Å². The molecule has 2 aromatic heterocycles. The van der Waals surface area contributed by atoms with Gasteiger partial charge < -0.3 is 0 Å². The van der Waals surface area contributed by atoms with Crippen LogP contribution in [0.1, 0.15) is 22.5 Å². The first-order chi connectivity index (χ1) is 12.7. The molecule has 1 aromatic carbocycles. The summed E-state index contributed by atoms with van der Waals surface area (Å²) >= 11 is 0. The zero-order valence-electron chi connectivity index (χ0n) is 14.5. The number of nitrogens with zero attached hydrogens (tertiary/aromatic N) is 6. The summed E-state index contributed by atoms with van der Waals surface area (Å²) in [7, 11) is 0. The zero-order valence-corrected chi connectivity index (χ0v) is 14.5. The third kappa shape index (κ3) is 3.30.